The van der Waals surface area contributed by atoms with Gasteiger partial charge in [-0.25, -0.2) is 0 Å². The van der Waals surface area contributed by atoms with Gasteiger partial charge in [0.15, 0.2) is 0 Å². The highest BCUT2D eigenvalue weighted by Crippen LogP contribution is 2.25. The Morgan fingerprint density at radius 2 is 0.825 bits per heavy atom. The molecule has 0 unspecified atom stereocenters. The van der Waals surface area contributed by atoms with E-state index in [2.05, 4.69) is 72.8 Å². The third-order valence-corrected chi connectivity index (χ3v) is 7.27. The molecule has 0 N–H and O–H groups in total. The van der Waals surface area contributed by atoms with Crippen LogP contribution in [0.3, 0.4) is 0 Å². The van der Waals surface area contributed by atoms with Crippen LogP contribution in [0.5, 0.6) is 0 Å². The fourth-order valence-electron chi connectivity index (χ4n) is 5.16. The van der Waals surface area contributed by atoms with Crippen molar-refractivity contribution in [3.8, 4) is 11.4 Å². The third kappa shape index (κ3) is 3.82. The van der Waals surface area contributed by atoms with Crippen molar-refractivity contribution >= 4 is 55.8 Å². The van der Waals surface area contributed by atoms with Gasteiger partial charge in [0.05, 0.1) is 11.4 Å². The van der Waals surface area contributed by atoms with E-state index in [0.717, 1.165) is 55.3 Å². The Kier molecular flexibility index (Phi) is 5.03. The Morgan fingerprint density at radius 1 is 0.400 bits per heavy atom. The number of hydrogen-bond acceptors (Lipinski definition) is 4. The average Bonchev–Trinajstić information content (AvgIpc) is 3.66. The molecule has 0 aliphatic heterocycles. The van der Waals surface area contributed by atoms with Gasteiger partial charge >= 0.3 is 0 Å². The molecule has 8 rings (SSSR count). The van der Waals surface area contributed by atoms with E-state index < -0.39 is 0 Å². The molecule has 40 heavy (non-hydrogen) atoms. The van der Waals surface area contributed by atoms with Gasteiger partial charge in [-0.3, -0.25) is 0 Å². The summed E-state index contributed by atoms with van der Waals surface area (Å²) in [4.78, 5) is 3.41. The molecule has 0 amide bonds. The fraction of sp³-hybridized carbons (Fsp3) is 0. The molecule has 0 radical (unpaired) electrons. The first-order chi connectivity index (χ1) is 19.8. The molecule has 6 aromatic carbocycles. The Hall–Kier alpha value is -5.62. The van der Waals surface area contributed by atoms with Crippen LogP contribution in [0.25, 0.3) is 67.1 Å². The van der Waals surface area contributed by atoms with E-state index in [9.17, 15) is 0 Å². The highest BCUT2D eigenvalue weighted by atomic mass is 15.5. The monoisotopic (exact) mass is 514 g/mol. The van der Waals surface area contributed by atoms with E-state index in [4.69, 9.17) is 20.4 Å². The molecular formula is C34H22N6. The van der Waals surface area contributed by atoms with Gasteiger partial charge in [0.2, 0.25) is 0 Å². The van der Waals surface area contributed by atoms with Crippen LogP contribution in [0.1, 0.15) is 11.1 Å². The number of benzene rings is 6. The van der Waals surface area contributed by atoms with Crippen molar-refractivity contribution in [3.63, 3.8) is 0 Å². The third-order valence-electron chi connectivity index (χ3n) is 7.27. The number of hydrogen-bond donors (Lipinski definition) is 0. The van der Waals surface area contributed by atoms with Crippen LogP contribution in [0.15, 0.2) is 121 Å². The van der Waals surface area contributed by atoms with Gasteiger partial charge in [0.25, 0.3) is 0 Å². The summed E-state index contributed by atoms with van der Waals surface area (Å²) >= 11 is 0. The van der Waals surface area contributed by atoms with Crippen LogP contribution in [0.2, 0.25) is 0 Å². The van der Waals surface area contributed by atoms with Crippen LogP contribution < -0.4 is 0 Å². The molecule has 0 aliphatic rings. The van der Waals surface area contributed by atoms with Crippen molar-refractivity contribution in [2.24, 2.45) is 0 Å². The maximum Gasteiger partial charge on any atom is 0.121 e. The molecule has 0 spiro atoms. The van der Waals surface area contributed by atoms with Crippen molar-refractivity contribution < 1.29 is 0 Å². The highest BCUT2D eigenvalue weighted by molar-refractivity contribution is 6.04. The van der Waals surface area contributed by atoms with Gasteiger partial charge in [-0.05, 0) is 58.3 Å². The van der Waals surface area contributed by atoms with Crippen molar-refractivity contribution in [1.82, 2.24) is 30.0 Å². The van der Waals surface area contributed by atoms with E-state index in [1.54, 1.807) is 9.59 Å². The van der Waals surface area contributed by atoms with Gasteiger partial charge in [0, 0.05) is 10.8 Å². The predicted octanol–water partition coefficient (Wildman–Crippen LogP) is 7.63. The standard InChI is InChI=1S/C34H22N6/c1-3-7-29-25(5-1)15-21-31-33(29)37-39(35-31)27-17-11-23(12-18-27)9-10-24-13-19-28(20-14-24)40-36-32-22-16-26-6-2-4-8-30(26)34(32)38-40/h1-22H/b10-9+. The molecule has 6 nitrogen and oxygen atoms in total. The van der Waals surface area contributed by atoms with Crippen LogP contribution >= 0.6 is 0 Å². The summed E-state index contributed by atoms with van der Waals surface area (Å²) in [6, 6.07) is 41.2. The minimum atomic E-state index is 0.887. The summed E-state index contributed by atoms with van der Waals surface area (Å²) in [6.07, 6.45) is 4.21. The maximum atomic E-state index is 4.77. The molecule has 2 heterocycles. The lowest BCUT2D eigenvalue weighted by Gasteiger charge is -2.01. The summed E-state index contributed by atoms with van der Waals surface area (Å²) in [7, 11) is 0. The van der Waals surface area contributed by atoms with E-state index in [0.29, 0.717) is 0 Å². The highest BCUT2D eigenvalue weighted by Gasteiger charge is 2.09. The van der Waals surface area contributed by atoms with Gasteiger partial charge in [0.1, 0.15) is 22.1 Å². The molecular weight excluding hydrogens is 492 g/mol. The van der Waals surface area contributed by atoms with Crippen molar-refractivity contribution in [2.45, 2.75) is 0 Å². The second-order valence-electron chi connectivity index (χ2n) is 9.80. The molecule has 2 aromatic heterocycles. The minimum absolute atomic E-state index is 0.887. The van der Waals surface area contributed by atoms with Gasteiger partial charge in [-0.15, -0.1) is 20.4 Å². The summed E-state index contributed by atoms with van der Waals surface area (Å²) < 4.78 is 0. The molecule has 0 atom stereocenters. The smallest absolute Gasteiger partial charge is 0.121 e. The number of nitrogens with zero attached hydrogens (tertiary/aromatic N) is 6. The van der Waals surface area contributed by atoms with Gasteiger partial charge in [-0.2, -0.15) is 9.59 Å². The fourth-order valence-corrected chi connectivity index (χ4v) is 5.16. The maximum absolute atomic E-state index is 4.77. The lowest BCUT2D eigenvalue weighted by molar-refractivity contribution is 0.766. The first-order valence-corrected chi connectivity index (χ1v) is 13.2. The van der Waals surface area contributed by atoms with E-state index >= 15 is 0 Å². The average molecular weight is 515 g/mol. The van der Waals surface area contributed by atoms with Crippen LogP contribution in [0, 0.1) is 0 Å². The van der Waals surface area contributed by atoms with E-state index in [1.165, 1.54) is 10.8 Å². The SMILES string of the molecule is C(=C\c1ccc(-n2nc3ccc4ccccc4c3n2)cc1)/c1ccc(-n2nc3ccc4ccccc4c3n2)cc1. The van der Waals surface area contributed by atoms with Gasteiger partial charge < -0.3 is 0 Å². The minimum Gasteiger partial charge on any atom is -0.150 e. The zero-order valence-corrected chi connectivity index (χ0v) is 21.4. The van der Waals surface area contributed by atoms with Crippen LogP contribution in [-0.4, -0.2) is 30.0 Å². The summed E-state index contributed by atoms with van der Waals surface area (Å²) in [5, 5.41) is 23.5. The largest absolute Gasteiger partial charge is 0.150 e. The predicted molar refractivity (Wildman–Crippen MR) is 162 cm³/mol. The lowest BCUT2D eigenvalue weighted by atomic mass is 10.1. The summed E-state index contributed by atoms with van der Waals surface area (Å²) in [6.45, 7) is 0. The Balaban J connectivity index is 1.02. The second kappa shape index (κ2) is 8.99. The van der Waals surface area contributed by atoms with Crippen molar-refractivity contribution in [1.29, 1.82) is 0 Å². The molecule has 0 aliphatic carbocycles. The van der Waals surface area contributed by atoms with Crippen LogP contribution in [0.4, 0.5) is 0 Å². The van der Waals surface area contributed by atoms with Gasteiger partial charge in [-0.1, -0.05) is 97.1 Å². The molecule has 8 aromatic rings. The molecule has 188 valence electrons. The first-order valence-electron chi connectivity index (χ1n) is 13.2. The second-order valence-corrected chi connectivity index (χ2v) is 9.80. The first kappa shape index (κ1) is 22.4. The van der Waals surface area contributed by atoms with E-state index in [1.807, 2.05) is 60.7 Å². The quantitative estimate of drug-likeness (QED) is 0.227. The topological polar surface area (TPSA) is 61.4 Å². The van der Waals surface area contributed by atoms with Crippen molar-refractivity contribution in [3.05, 3.63) is 132 Å². The molecule has 0 fully saturated rings. The number of aromatic nitrogens is 6. The number of fused-ring (bicyclic) bond motifs is 6. The zero-order valence-electron chi connectivity index (χ0n) is 21.4. The van der Waals surface area contributed by atoms with Crippen LogP contribution in [-0.2, 0) is 0 Å². The molecule has 6 heteroatoms. The Labute approximate surface area is 229 Å². The zero-order chi connectivity index (χ0) is 26.5. The molecule has 0 saturated heterocycles. The summed E-state index contributed by atoms with van der Waals surface area (Å²) in [5.41, 5.74) is 7.65. The molecule has 0 bridgehead atoms. The normalized spacial score (nSPS) is 11.9. The number of rotatable bonds is 4. The van der Waals surface area contributed by atoms with Crippen molar-refractivity contribution in [2.75, 3.05) is 0 Å². The van der Waals surface area contributed by atoms with E-state index in [-0.39, 0.29) is 0 Å². The molecule has 0 saturated carbocycles. The lowest BCUT2D eigenvalue weighted by Crippen LogP contribution is -1.98. The Morgan fingerprint density at radius 3 is 1.27 bits per heavy atom. The summed E-state index contributed by atoms with van der Waals surface area (Å²) in [5.74, 6) is 0. The Bertz CT molecular complexity index is 2040.